The summed E-state index contributed by atoms with van der Waals surface area (Å²) in [7, 11) is 0. The molecular formula is C26H31ClN2O5. The molecule has 0 radical (unpaired) electrons. The number of halogens is 1. The topological polar surface area (TPSA) is 82.5 Å². The minimum absolute atomic E-state index is 0.0296. The van der Waals surface area contributed by atoms with E-state index in [0.29, 0.717) is 24.5 Å². The van der Waals surface area contributed by atoms with Gasteiger partial charge in [-0.2, -0.15) is 0 Å². The Morgan fingerprint density at radius 2 is 1.88 bits per heavy atom. The van der Waals surface area contributed by atoms with Gasteiger partial charge in [0.25, 0.3) is 5.91 Å². The largest absolute Gasteiger partial charge is 0.508 e. The van der Waals surface area contributed by atoms with Crippen LogP contribution in [0.25, 0.3) is 0 Å². The van der Waals surface area contributed by atoms with Crippen molar-refractivity contribution in [1.29, 1.82) is 0 Å². The minimum Gasteiger partial charge on any atom is -0.508 e. The number of hydrogen-bond donors (Lipinski definition) is 2. The molecule has 2 fully saturated rings. The van der Waals surface area contributed by atoms with Crippen LogP contribution in [-0.4, -0.2) is 71.4 Å². The summed E-state index contributed by atoms with van der Waals surface area (Å²) in [5, 5.41) is 21.3. The average Bonchev–Trinajstić information content (AvgIpc) is 3.48. The number of carbonyl (C=O) groups is 1. The van der Waals surface area contributed by atoms with E-state index in [2.05, 4.69) is 11.0 Å². The van der Waals surface area contributed by atoms with Gasteiger partial charge in [0.2, 0.25) is 0 Å². The standard InChI is InChI=1S/C26H31ClN2O5/c27-19-3-6-23-18(13-19)16-34-26(23)7-11-28(12-8-26)15-21(31)17-33-24-14-20(30)4-5-22(24)25(32)29-9-1-2-10-29/h3-6,13-14,21,30-31H,1-2,7-12,15-17H2. The first kappa shape index (κ1) is 23.4. The number of benzene rings is 2. The van der Waals surface area contributed by atoms with Crippen molar-refractivity contribution < 1.29 is 24.5 Å². The summed E-state index contributed by atoms with van der Waals surface area (Å²) >= 11 is 6.14. The predicted octanol–water partition coefficient (Wildman–Crippen LogP) is 3.54. The molecule has 0 aromatic heterocycles. The number of phenols is 1. The number of piperidine rings is 1. The van der Waals surface area contributed by atoms with E-state index in [-0.39, 0.29) is 23.9 Å². The quantitative estimate of drug-likeness (QED) is 0.650. The van der Waals surface area contributed by atoms with Gasteiger partial charge < -0.3 is 29.5 Å². The number of β-amino-alcohol motifs (C(OH)–C–C–N with tert-alkyl or cyclic N) is 1. The summed E-state index contributed by atoms with van der Waals surface area (Å²) in [4.78, 5) is 16.9. The fourth-order valence-electron chi connectivity index (χ4n) is 5.36. The molecule has 2 aromatic rings. The lowest BCUT2D eigenvalue weighted by Gasteiger charge is -2.39. The van der Waals surface area contributed by atoms with E-state index in [4.69, 9.17) is 21.1 Å². The second-order valence-corrected chi connectivity index (χ2v) is 9.97. The molecule has 8 heteroatoms. The molecule has 0 bridgehead atoms. The third kappa shape index (κ3) is 4.75. The molecule has 1 spiro atoms. The van der Waals surface area contributed by atoms with Crippen molar-refractivity contribution in [3.63, 3.8) is 0 Å². The van der Waals surface area contributed by atoms with Crippen molar-refractivity contribution in [2.75, 3.05) is 39.3 Å². The summed E-state index contributed by atoms with van der Waals surface area (Å²) < 4.78 is 12.1. The van der Waals surface area contributed by atoms with E-state index < -0.39 is 6.10 Å². The molecule has 1 amide bonds. The van der Waals surface area contributed by atoms with Crippen LogP contribution in [0.1, 0.15) is 47.2 Å². The first-order chi connectivity index (χ1) is 16.4. The fraction of sp³-hybridized carbons (Fsp3) is 0.500. The Morgan fingerprint density at radius 1 is 1.12 bits per heavy atom. The van der Waals surface area contributed by atoms with E-state index in [1.54, 1.807) is 11.0 Å². The van der Waals surface area contributed by atoms with Crippen LogP contribution in [0, 0.1) is 0 Å². The molecule has 34 heavy (non-hydrogen) atoms. The molecule has 0 aliphatic carbocycles. The van der Waals surface area contributed by atoms with Crippen LogP contribution in [0.4, 0.5) is 0 Å². The number of hydrogen-bond acceptors (Lipinski definition) is 6. The molecule has 3 aliphatic heterocycles. The highest BCUT2D eigenvalue weighted by molar-refractivity contribution is 6.30. The van der Waals surface area contributed by atoms with Crippen molar-refractivity contribution in [3.05, 3.63) is 58.1 Å². The SMILES string of the molecule is O=C(c1ccc(O)cc1OCC(O)CN1CCC2(CC1)OCc1cc(Cl)ccc12)N1CCCC1. The maximum absolute atomic E-state index is 12.8. The van der Waals surface area contributed by atoms with E-state index in [0.717, 1.165) is 56.9 Å². The van der Waals surface area contributed by atoms with Gasteiger partial charge in [-0.25, -0.2) is 0 Å². The normalized spacial score (nSPS) is 20.5. The minimum atomic E-state index is -0.721. The monoisotopic (exact) mass is 486 g/mol. The zero-order chi connectivity index (χ0) is 23.7. The lowest BCUT2D eigenvalue weighted by atomic mass is 9.84. The number of amides is 1. The number of aliphatic hydroxyl groups excluding tert-OH is 1. The molecule has 182 valence electrons. The van der Waals surface area contributed by atoms with Gasteiger partial charge in [-0.3, -0.25) is 4.79 Å². The number of nitrogens with zero attached hydrogens (tertiary/aromatic N) is 2. The number of likely N-dealkylation sites (tertiary alicyclic amines) is 2. The fourth-order valence-corrected chi connectivity index (χ4v) is 5.56. The van der Waals surface area contributed by atoms with Gasteiger partial charge in [-0.15, -0.1) is 0 Å². The first-order valence-corrected chi connectivity index (χ1v) is 12.4. The van der Waals surface area contributed by atoms with Crippen molar-refractivity contribution in [2.45, 2.75) is 44.0 Å². The highest BCUT2D eigenvalue weighted by Crippen LogP contribution is 2.44. The molecular weight excluding hydrogens is 456 g/mol. The van der Waals surface area contributed by atoms with E-state index in [1.165, 1.54) is 23.3 Å². The number of carbonyl (C=O) groups excluding carboxylic acids is 1. The van der Waals surface area contributed by atoms with Gasteiger partial charge in [0.05, 0.1) is 17.8 Å². The Bertz CT molecular complexity index is 1050. The lowest BCUT2D eigenvalue weighted by molar-refractivity contribution is -0.0835. The number of rotatable bonds is 6. The maximum atomic E-state index is 12.8. The van der Waals surface area contributed by atoms with Crippen LogP contribution < -0.4 is 4.74 Å². The second-order valence-electron chi connectivity index (χ2n) is 9.53. The van der Waals surface area contributed by atoms with Crippen molar-refractivity contribution >= 4 is 17.5 Å². The number of fused-ring (bicyclic) bond motifs is 2. The zero-order valence-corrected chi connectivity index (χ0v) is 20.0. The third-order valence-corrected chi connectivity index (χ3v) is 7.45. The van der Waals surface area contributed by atoms with Crippen LogP contribution in [0.2, 0.25) is 5.02 Å². The molecule has 2 N–H and O–H groups in total. The number of phenolic OH excluding ortho intramolecular Hbond substituents is 1. The Labute approximate surface area is 204 Å². The van der Waals surface area contributed by atoms with Crippen LogP contribution >= 0.6 is 11.6 Å². The number of aliphatic hydroxyl groups is 1. The third-order valence-electron chi connectivity index (χ3n) is 7.21. The second kappa shape index (κ2) is 9.74. The summed E-state index contributed by atoms with van der Waals surface area (Å²) in [6.07, 6.45) is 2.99. The van der Waals surface area contributed by atoms with Gasteiger partial charge >= 0.3 is 0 Å². The summed E-state index contributed by atoms with van der Waals surface area (Å²) in [6.45, 7) is 4.20. The molecule has 7 nitrogen and oxygen atoms in total. The highest BCUT2D eigenvalue weighted by atomic mass is 35.5. The van der Waals surface area contributed by atoms with Crippen LogP contribution in [0.15, 0.2) is 36.4 Å². The Morgan fingerprint density at radius 3 is 2.65 bits per heavy atom. The van der Waals surface area contributed by atoms with Crippen LogP contribution in [0.3, 0.4) is 0 Å². The molecule has 1 atom stereocenters. The molecule has 2 aromatic carbocycles. The predicted molar refractivity (Wildman–Crippen MR) is 128 cm³/mol. The van der Waals surface area contributed by atoms with E-state index in [9.17, 15) is 15.0 Å². The Hall–Kier alpha value is -2.32. The first-order valence-electron chi connectivity index (χ1n) is 12.0. The summed E-state index contributed by atoms with van der Waals surface area (Å²) in [5.74, 6) is 0.242. The number of aromatic hydroxyl groups is 1. The zero-order valence-electron chi connectivity index (χ0n) is 19.2. The molecule has 3 heterocycles. The average molecular weight is 487 g/mol. The van der Waals surface area contributed by atoms with E-state index in [1.807, 2.05) is 12.1 Å². The summed E-state index contributed by atoms with van der Waals surface area (Å²) in [6, 6.07) is 10.5. The lowest BCUT2D eigenvalue weighted by Crippen LogP contribution is -2.46. The van der Waals surface area contributed by atoms with Gasteiger partial charge in [-0.1, -0.05) is 17.7 Å². The Kier molecular flexibility index (Phi) is 6.71. The van der Waals surface area contributed by atoms with E-state index >= 15 is 0 Å². The maximum Gasteiger partial charge on any atom is 0.257 e. The number of ether oxygens (including phenoxy) is 2. The molecule has 1 unspecified atom stereocenters. The van der Waals surface area contributed by atoms with Crippen molar-refractivity contribution in [2.24, 2.45) is 0 Å². The van der Waals surface area contributed by atoms with Crippen molar-refractivity contribution in [3.8, 4) is 11.5 Å². The molecule has 5 rings (SSSR count). The van der Waals surface area contributed by atoms with Gasteiger partial charge in [0, 0.05) is 43.8 Å². The van der Waals surface area contributed by atoms with Crippen LogP contribution in [0.5, 0.6) is 11.5 Å². The van der Waals surface area contributed by atoms with Gasteiger partial charge in [-0.05, 0) is 61.1 Å². The molecule has 0 saturated carbocycles. The Balaban J connectivity index is 1.16. The molecule has 3 aliphatic rings. The van der Waals surface area contributed by atoms with Crippen molar-refractivity contribution in [1.82, 2.24) is 9.80 Å². The van der Waals surface area contributed by atoms with Gasteiger partial charge in [0.1, 0.15) is 24.2 Å². The summed E-state index contributed by atoms with van der Waals surface area (Å²) in [5.41, 5.74) is 2.56. The smallest absolute Gasteiger partial charge is 0.257 e. The highest BCUT2D eigenvalue weighted by Gasteiger charge is 2.42. The molecule has 2 saturated heterocycles. The van der Waals surface area contributed by atoms with Crippen LogP contribution in [-0.2, 0) is 16.9 Å². The van der Waals surface area contributed by atoms with Gasteiger partial charge in [0.15, 0.2) is 0 Å².